The van der Waals surface area contributed by atoms with Crippen molar-refractivity contribution in [2.75, 3.05) is 13.2 Å². The van der Waals surface area contributed by atoms with Crippen LogP contribution in [0.5, 0.6) is 5.75 Å². The quantitative estimate of drug-likeness (QED) is 0.284. The first-order valence-electron chi connectivity index (χ1n) is 12.1. The SMILES string of the molecule is CCCCNC(=O)C(Cc1ccccc1)N(Cc1cccc(C)c1)C(=O)COc1ccc(Cl)cc1Cl. The molecule has 7 heteroatoms. The van der Waals surface area contributed by atoms with E-state index in [1.54, 1.807) is 23.1 Å². The fraction of sp³-hybridized carbons (Fsp3) is 0.310. The zero-order valence-corrected chi connectivity index (χ0v) is 22.2. The molecule has 0 aliphatic rings. The van der Waals surface area contributed by atoms with Crippen molar-refractivity contribution in [1.82, 2.24) is 10.2 Å². The van der Waals surface area contributed by atoms with Crippen LogP contribution >= 0.6 is 23.2 Å². The lowest BCUT2D eigenvalue weighted by molar-refractivity contribution is -0.142. The predicted molar refractivity (Wildman–Crippen MR) is 146 cm³/mol. The Morgan fingerprint density at radius 2 is 1.72 bits per heavy atom. The van der Waals surface area contributed by atoms with Gasteiger partial charge >= 0.3 is 0 Å². The Kier molecular flexibility index (Phi) is 10.6. The monoisotopic (exact) mass is 526 g/mol. The summed E-state index contributed by atoms with van der Waals surface area (Å²) in [4.78, 5) is 28.6. The zero-order valence-electron chi connectivity index (χ0n) is 20.7. The molecule has 2 amide bonds. The number of nitrogens with zero attached hydrogens (tertiary/aromatic N) is 1. The molecule has 0 saturated heterocycles. The van der Waals surface area contributed by atoms with Gasteiger partial charge in [-0.1, -0.05) is 96.7 Å². The maximum Gasteiger partial charge on any atom is 0.261 e. The molecule has 3 aromatic rings. The molecule has 3 aromatic carbocycles. The van der Waals surface area contributed by atoms with Crippen LogP contribution in [0.4, 0.5) is 0 Å². The molecule has 1 N–H and O–H groups in total. The second-order valence-corrected chi connectivity index (χ2v) is 9.57. The highest BCUT2D eigenvalue weighted by Crippen LogP contribution is 2.27. The molecule has 0 spiro atoms. The molecule has 1 unspecified atom stereocenters. The van der Waals surface area contributed by atoms with E-state index in [1.165, 1.54) is 0 Å². The molecule has 190 valence electrons. The third-order valence-electron chi connectivity index (χ3n) is 5.78. The number of unbranched alkanes of at least 4 members (excludes halogenated alkanes) is 1. The largest absolute Gasteiger partial charge is 0.482 e. The van der Waals surface area contributed by atoms with Gasteiger partial charge in [-0.15, -0.1) is 0 Å². The van der Waals surface area contributed by atoms with Gasteiger partial charge in [-0.2, -0.15) is 0 Å². The van der Waals surface area contributed by atoms with E-state index in [4.69, 9.17) is 27.9 Å². The van der Waals surface area contributed by atoms with Crippen molar-refractivity contribution < 1.29 is 14.3 Å². The lowest BCUT2D eigenvalue weighted by atomic mass is 10.0. The Hall–Kier alpha value is -3.02. The van der Waals surface area contributed by atoms with Crippen LogP contribution in [0.3, 0.4) is 0 Å². The van der Waals surface area contributed by atoms with Gasteiger partial charge in [-0.25, -0.2) is 0 Å². The zero-order chi connectivity index (χ0) is 25.9. The maximum absolute atomic E-state index is 13.6. The van der Waals surface area contributed by atoms with Crippen molar-refractivity contribution in [2.45, 2.75) is 45.7 Å². The smallest absolute Gasteiger partial charge is 0.261 e. The van der Waals surface area contributed by atoms with Gasteiger partial charge in [0.15, 0.2) is 6.61 Å². The number of carbonyl (C=O) groups excluding carboxylic acids is 2. The minimum Gasteiger partial charge on any atom is -0.482 e. The van der Waals surface area contributed by atoms with E-state index in [0.717, 1.165) is 29.5 Å². The minimum atomic E-state index is -0.707. The van der Waals surface area contributed by atoms with E-state index >= 15 is 0 Å². The molecule has 5 nitrogen and oxygen atoms in total. The summed E-state index contributed by atoms with van der Waals surface area (Å²) in [5.41, 5.74) is 2.99. The van der Waals surface area contributed by atoms with E-state index in [2.05, 4.69) is 12.2 Å². The molecule has 0 fully saturated rings. The fourth-order valence-corrected chi connectivity index (χ4v) is 4.35. The first-order chi connectivity index (χ1) is 17.4. The van der Waals surface area contributed by atoms with E-state index in [0.29, 0.717) is 28.8 Å². The van der Waals surface area contributed by atoms with Gasteiger partial charge < -0.3 is 15.0 Å². The van der Waals surface area contributed by atoms with Crippen LogP contribution in [0.25, 0.3) is 0 Å². The van der Waals surface area contributed by atoms with Crippen LogP contribution < -0.4 is 10.1 Å². The summed E-state index contributed by atoms with van der Waals surface area (Å²) in [6.07, 6.45) is 2.22. The maximum atomic E-state index is 13.6. The van der Waals surface area contributed by atoms with E-state index in [9.17, 15) is 9.59 Å². The Morgan fingerprint density at radius 3 is 2.42 bits per heavy atom. The van der Waals surface area contributed by atoms with Crippen molar-refractivity contribution in [3.63, 3.8) is 0 Å². The number of carbonyl (C=O) groups is 2. The second-order valence-electron chi connectivity index (χ2n) is 8.72. The lowest BCUT2D eigenvalue weighted by Gasteiger charge is -2.31. The van der Waals surface area contributed by atoms with Crippen molar-refractivity contribution >= 4 is 35.0 Å². The van der Waals surface area contributed by atoms with Gasteiger partial charge in [-0.05, 0) is 42.7 Å². The molecule has 0 radical (unpaired) electrons. The summed E-state index contributed by atoms with van der Waals surface area (Å²) in [7, 11) is 0. The Labute approximate surface area is 223 Å². The second kappa shape index (κ2) is 13.9. The highest BCUT2D eigenvalue weighted by atomic mass is 35.5. The summed E-state index contributed by atoms with van der Waals surface area (Å²) in [5, 5.41) is 3.81. The molecule has 0 heterocycles. The normalized spacial score (nSPS) is 11.6. The summed E-state index contributed by atoms with van der Waals surface area (Å²) in [6.45, 7) is 4.64. The number of hydrogen-bond donors (Lipinski definition) is 1. The van der Waals surface area contributed by atoms with Crippen LogP contribution in [0.1, 0.15) is 36.5 Å². The van der Waals surface area contributed by atoms with Gasteiger partial charge in [-0.3, -0.25) is 9.59 Å². The van der Waals surface area contributed by atoms with Crippen molar-refractivity contribution in [2.24, 2.45) is 0 Å². The van der Waals surface area contributed by atoms with Gasteiger partial charge in [0.2, 0.25) is 5.91 Å². The molecular weight excluding hydrogens is 495 g/mol. The van der Waals surface area contributed by atoms with Crippen LogP contribution in [-0.4, -0.2) is 35.9 Å². The lowest BCUT2D eigenvalue weighted by Crippen LogP contribution is -2.51. The van der Waals surface area contributed by atoms with E-state index in [-0.39, 0.29) is 25.0 Å². The van der Waals surface area contributed by atoms with Crippen molar-refractivity contribution in [3.05, 3.63) is 99.5 Å². The summed E-state index contributed by atoms with van der Waals surface area (Å²) in [5.74, 6) is -0.135. The Morgan fingerprint density at radius 1 is 0.972 bits per heavy atom. The van der Waals surface area contributed by atoms with Crippen LogP contribution in [0.2, 0.25) is 10.0 Å². The molecule has 0 saturated carbocycles. The fourth-order valence-electron chi connectivity index (χ4n) is 3.88. The number of hydrogen-bond acceptors (Lipinski definition) is 3. The highest BCUT2D eigenvalue weighted by molar-refractivity contribution is 6.35. The molecule has 1 atom stereocenters. The van der Waals surface area contributed by atoms with Gasteiger partial charge in [0.05, 0.1) is 5.02 Å². The van der Waals surface area contributed by atoms with Crippen LogP contribution in [0.15, 0.2) is 72.8 Å². The number of benzene rings is 3. The standard InChI is InChI=1S/C29H32Cl2N2O3/c1-3-4-15-32-29(35)26(17-22-10-6-5-7-11-22)33(19-23-12-8-9-21(2)16-23)28(34)20-36-27-14-13-24(30)18-25(27)31/h5-14,16,18,26H,3-4,15,17,19-20H2,1-2H3,(H,32,35). The number of nitrogens with one attached hydrogen (secondary N) is 1. The average molecular weight is 527 g/mol. The number of aryl methyl sites for hydroxylation is 1. The molecule has 3 rings (SSSR count). The summed E-state index contributed by atoms with van der Waals surface area (Å²) >= 11 is 12.2. The van der Waals surface area contributed by atoms with E-state index in [1.807, 2.05) is 61.5 Å². The minimum absolute atomic E-state index is 0.183. The van der Waals surface area contributed by atoms with Crippen LogP contribution in [-0.2, 0) is 22.6 Å². The van der Waals surface area contributed by atoms with E-state index < -0.39 is 6.04 Å². The Balaban J connectivity index is 1.89. The number of ether oxygens (including phenoxy) is 1. The Bertz CT molecular complexity index is 1150. The molecular formula is C29H32Cl2N2O3. The van der Waals surface area contributed by atoms with Gasteiger partial charge in [0, 0.05) is 24.5 Å². The van der Waals surface area contributed by atoms with Crippen molar-refractivity contribution in [3.8, 4) is 5.75 Å². The number of halogens is 2. The molecule has 36 heavy (non-hydrogen) atoms. The molecule has 0 aliphatic carbocycles. The topological polar surface area (TPSA) is 58.6 Å². The average Bonchev–Trinajstić information content (AvgIpc) is 2.86. The highest BCUT2D eigenvalue weighted by Gasteiger charge is 2.30. The summed E-state index contributed by atoms with van der Waals surface area (Å²) in [6, 6.07) is 21.8. The third-order valence-corrected chi connectivity index (χ3v) is 6.31. The third kappa shape index (κ3) is 8.28. The first-order valence-corrected chi connectivity index (χ1v) is 12.9. The molecule has 0 bridgehead atoms. The molecule has 0 aromatic heterocycles. The van der Waals surface area contributed by atoms with Crippen molar-refractivity contribution in [1.29, 1.82) is 0 Å². The number of amides is 2. The first kappa shape index (κ1) is 27.6. The van der Waals surface area contributed by atoms with Gasteiger partial charge in [0.25, 0.3) is 5.91 Å². The van der Waals surface area contributed by atoms with Gasteiger partial charge in [0.1, 0.15) is 11.8 Å². The molecule has 0 aliphatic heterocycles. The number of rotatable bonds is 12. The predicted octanol–water partition coefficient (Wildman–Crippen LogP) is 6.24. The summed E-state index contributed by atoms with van der Waals surface area (Å²) < 4.78 is 5.76. The van der Waals surface area contributed by atoms with Crippen LogP contribution in [0, 0.1) is 6.92 Å².